The molecule has 0 bridgehead atoms. The predicted octanol–water partition coefficient (Wildman–Crippen LogP) is 15.1. The molecule has 8 heterocycles. The lowest BCUT2D eigenvalue weighted by Gasteiger charge is -2.38. The first-order valence-electron chi connectivity index (χ1n) is 38.9. The summed E-state index contributed by atoms with van der Waals surface area (Å²) in [4.78, 5) is 58.7. The van der Waals surface area contributed by atoms with Crippen molar-refractivity contribution >= 4 is 69.2 Å². The second-order valence-corrected chi connectivity index (χ2v) is 32.5. The van der Waals surface area contributed by atoms with Crippen LogP contribution in [0.1, 0.15) is 130 Å². The Balaban J connectivity index is 0.000000124. The Kier molecular flexibility index (Phi) is 24.3. The van der Waals surface area contributed by atoms with Gasteiger partial charge in [-0.15, -0.1) is 0 Å². The van der Waals surface area contributed by atoms with Gasteiger partial charge in [-0.3, -0.25) is 19.2 Å². The van der Waals surface area contributed by atoms with E-state index in [9.17, 15) is 32.3 Å². The van der Waals surface area contributed by atoms with E-state index in [4.69, 9.17) is 76.7 Å². The summed E-state index contributed by atoms with van der Waals surface area (Å²) in [6.45, 7) is 10.5. The maximum Gasteiger partial charge on any atom is 0.416 e. The van der Waals surface area contributed by atoms with Crippen LogP contribution >= 0.6 is 34.8 Å². The first-order valence-corrected chi connectivity index (χ1v) is 40.0. The Hall–Kier alpha value is -9.18. The Labute approximate surface area is 667 Å². The van der Waals surface area contributed by atoms with Gasteiger partial charge in [-0.2, -0.15) is 13.2 Å². The van der Waals surface area contributed by atoms with Crippen molar-refractivity contribution in [1.29, 1.82) is 0 Å². The van der Waals surface area contributed by atoms with Gasteiger partial charge in [0.2, 0.25) is 23.6 Å². The number of carbonyl (C=O) groups is 4. The highest BCUT2D eigenvalue weighted by atomic mass is 35.5. The minimum absolute atomic E-state index is 0.000867. The second-order valence-electron chi connectivity index (χ2n) is 31.2. The molecule has 4 saturated heterocycles. The molecule has 0 aliphatic carbocycles. The number of amides is 4. The molecule has 4 fully saturated rings. The van der Waals surface area contributed by atoms with Gasteiger partial charge in [0, 0.05) is 134 Å². The number of fused-ring (bicyclic) bond motifs is 9. The van der Waals surface area contributed by atoms with E-state index in [1.165, 1.54) is 33.5 Å². The predicted molar refractivity (Wildman–Crippen MR) is 432 cm³/mol. The third-order valence-electron chi connectivity index (χ3n) is 24.3. The third-order valence-corrected chi connectivity index (χ3v) is 25.3. The first-order chi connectivity index (χ1) is 54.1. The largest absolute Gasteiger partial charge is 0.492 e. The van der Waals surface area contributed by atoms with Crippen LogP contribution in [0.4, 0.5) is 13.2 Å². The summed E-state index contributed by atoms with van der Waals surface area (Å²) in [5.74, 6) is 4.22. The molecule has 8 aliphatic rings. The zero-order valence-corrected chi connectivity index (χ0v) is 65.2. The van der Waals surface area contributed by atoms with Crippen molar-refractivity contribution in [2.75, 3.05) is 78.8 Å². The van der Waals surface area contributed by atoms with Crippen LogP contribution < -0.4 is 41.9 Å². The molecule has 112 heavy (non-hydrogen) atoms. The number of piperidine rings is 4. The lowest BCUT2D eigenvalue weighted by Crippen LogP contribution is -2.46. The number of hydrogen-bond donors (Lipinski definition) is 4. The lowest BCUT2D eigenvalue weighted by molar-refractivity contribution is -0.138. The topological polar surface area (TPSA) is 222 Å². The van der Waals surface area contributed by atoms with Crippen LogP contribution in [-0.2, 0) is 98.9 Å². The molecular weight excluding hydrogens is 1480 g/mol. The number of hydrogen-bond acceptors (Lipinski definition) is 12. The molecule has 4 amide bonds. The van der Waals surface area contributed by atoms with Crippen LogP contribution in [0.3, 0.4) is 0 Å². The number of likely N-dealkylation sites (tertiary alicyclic amines) is 4. The van der Waals surface area contributed by atoms with E-state index in [1.54, 1.807) is 23.1 Å². The number of alkyl halides is 3. The van der Waals surface area contributed by atoms with Gasteiger partial charge < -0.3 is 61.5 Å². The van der Waals surface area contributed by atoms with Gasteiger partial charge in [0.15, 0.2) is 0 Å². The zero-order valence-electron chi connectivity index (χ0n) is 63.0. The molecule has 0 radical (unpaired) electrons. The van der Waals surface area contributed by atoms with E-state index in [2.05, 4.69) is 54.6 Å². The fourth-order valence-corrected chi connectivity index (χ4v) is 17.9. The molecule has 4 spiro atoms. The van der Waals surface area contributed by atoms with Gasteiger partial charge in [0.25, 0.3) is 0 Å². The third kappa shape index (κ3) is 17.6. The average molecular weight is 1580 g/mol. The highest BCUT2D eigenvalue weighted by Gasteiger charge is 2.48. The standard InChI is InChI=1S/C25H26N2O2.C22H25ClN2O2.C22H23F3N2O2.C21H22Cl2N2O2/c26-16-19-6-8-23-22(14-19)25(17-29-23)9-11-27(12-10-25)24(28)15-18-5-7-20-3-1-2-4-21(20)13-18;23-18-3-1-2-16(12-18)5-7-21(26)25-10-8-22(9-11-25)15-27-20-6-4-17(14-24)13-19(20)22;23-22(24,25)17-3-1-2-15(10-17)12-20(28)27-8-6-21(7-9-27)14-29-19-5-4-16(13-26)11-18(19)21;22-17-3-1-14(10-18(17)23)11-20(26)25-7-5-21(6-8-25)13-27-19-4-2-15(12-24)9-16(19)21/h1-8,13-14H,9-12,15-17,26H2;1-4,6,12-13H,5,7-11,14-15,24H2;1-5,10-11H,6-9,12-14,26H2;1-4,9-10H,5-8,11-13,24H2. The number of carbonyl (C=O) groups excluding carboxylic acids is 4. The van der Waals surface area contributed by atoms with Gasteiger partial charge in [-0.1, -0.05) is 162 Å². The van der Waals surface area contributed by atoms with E-state index in [1.807, 2.05) is 106 Å². The van der Waals surface area contributed by atoms with Crippen molar-refractivity contribution < 1.29 is 51.3 Å². The minimum atomic E-state index is -4.41. The van der Waals surface area contributed by atoms with E-state index in [-0.39, 0.29) is 51.7 Å². The van der Waals surface area contributed by atoms with Crippen LogP contribution in [0.25, 0.3) is 10.8 Å². The van der Waals surface area contributed by atoms with E-state index < -0.39 is 11.7 Å². The number of nitrogens with two attached hydrogens (primary N) is 4. The highest BCUT2D eigenvalue weighted by Crippen LogP contribution is 2.50. The van der Waals surface area contributed by atoms with Crippen molar-refractivity contribution in [2.45, 2.75) is 137 Å². The molecule has 22 heteroatoms. The zero-order chi connectivity index (χ0) is 78.4. The first kappa shape index (κ1) is 79.5. The minimum Gasteiger partial charge on any atom is -0.492 e. The van der Waals surface area contributed by atoms with Crippen molar-refractivity contribution in [3.05, 3.63) is 269 Å². The summed E-state index contributed by atoms with van der Waals surface area (Å²) in [6.07, 6.45) is 4.73. The molecule has 16 nitrogen and oxygen atoms in total. The van der Waals surface area contributed by atoms with E-state index in [0.29, 0.717) is 101 Å². The van der Waals surface area contributed by atoms with Crippen LogP contribution in [0.2, 0.25) is 15.1 Å². The molecule has 586 valence electrons. The number of ether oxygens (including phenoxy) is 4. The Morgan fingerprint density at radius 2 is 0.696 bits per heavy atom. The van der Waals surface area contributed by atoms with E-state index in [0.717, 1.165) is 182 Å². The molecule has 8 aliphatic heterocycles. The molecule has 8 N–H and O–H groups in total. The van der Waals surface area contributed by atoms with Gasteiger partial charge >= 0.3 is 6.18 Å². The molecule has 9 aromatic carbocycles. The normalized spacial score (nSPS) is 17.6. The summed E-state index contributed by atoms with van der Waals surface area (Å²) >= 11 is 18.0. The number of aryl methyl sites for hydroxylation is 1. The molecule has 0 atom stereocenters. The lowest BCUT2D eigenvalue weighted by atomic mass is 9.74. The smallest absolute Gasteiger partial charge is 0.416 e. The summed E-state index contributed by atoms with van der Waals surface area (Å²) in [5, 5.41) is 4.10. The summed E-state index contributed by atoms with van der Waals surface area (Å²) in [7, 11) is 0. The Morgan fingerprint density at radius 1 is 0.348 bits per heavy atom. The maximum absolute atomic E-state index is 12.9. The number of nitrogens with zero attached hydrogens (tertiary/aromatic N) is 4. The van der Waals surface area contributed by atoms with Crippen LogP contribution in [-0.4, -0.2) is 122 Å². The van der Waals surface area contributed by atoms with Gasteiger partial charge in [0.05, 0.1) is 61.3 Å². The fraction of sp³-hybridized carbons (Fsp3) is 0.378. The van der Waals surface area contributed by atoms with Crippen molar-refractivity contribution in [2.24, 2.45) is 22.9 Å². The monoisotopic (exact) mass is 1580 g/mol. The summed E-state index contributed by atoms with van der Waals surface area (Å²) in [6, 6.07) is 57.5. The number of halogens is 6. The summed E-state index contributed by atoms with van der Waals surface area (Å²) < 4.78 is 62.4. The van der Waals surface area contributed by atoms with Gasteiger partial charge in [0.1, 0.15) is 23.0 Å². The Bertz CT molecular complexity index is 4930. The van der Waals surface area contributed by atoms with Gasteiger partial charge in [-0.05, 0) is 168 Å². The van der Waals surface area contributed by atoms with Crippen molar-refractivity contribution in [3.63, 3.8) is 0 Å². The van der Waals surface area contributed by atoms with Crippen LogP contribution in [0, 0.1) is 0 Å². The summed E-state index contributed by atoms with van der Waals surface area (Å²) in [5.41, 5.74) is 35.3. The van der Waals surface area contributed by atoms with Crippen LogP contribution in [0.5, 0.6) is 23.0 Å². The SMILES string of the molecule is NCc1ccc2c(c1)C1(CCN(C(=O)CCc3cccc(Cl)c3)CC1)CO2.NCc1ccc2c(c1)C1(CCN(C(=O)Cc3ccc(Cl)c(Cl)c3)CC1)CO2.NCc1ccc2c(c1)C1(CCN(C(=O)Cc3ccc4ccccc4c3)CC1)CO2.NCc1ccc2c(c1)C1(CCN(C(=O)Cc3cccc(C(F)(F)F)c3)CC1)CO2. The molecular formula is C90H96Cl3F3N8O8. The molecule has 9 aromatic rings. The fourth-order valence-electron chi connectivity index (χ4n) is 17.4. The maximum atomic E-state index is 12.9. The van der Waals surface area contributed by atoms with Crippen molar-refractivity contribution in [1.82, 2.24) is 19.6 Å². The molecule has 0 unspecified atom stereocenters. The molecule has 0 saturated carbocycles. The molecule has 17 rings (SSSR count). The van der Waals surface area contributed by atoms with Crippen LogP contribution in [0.15, 0.2) is 182 Å². The van der Waals surface area contributed by atoms with Crippen molar-refractivity contribution in [3.8, 4) is 23.0 Å². The van der Waals surface area contributed by atoms with E-state index >= 15 is 0 Å². The second kappa shape index (κ2) is 34.3. The quantitative estimate of drug-likeness (QED) is 0.0846. The Morgan fingerprint density at radius 3 is 1.08 bits per heavy atom. The number of rotatable bonds is 13. The molecule has 0 aromatic heterocycles. The van der Waals surface area contributed by atoms with Gasteiger partial charge in [-0.25, -0.2) is 0 Å². The number of benzene rings is 9. The highest BCUT2D eigenvalue weighted by molar-refractivity contribution is 6.42. The average Bonchev–Trinajstić information content (AvgIpc) is 1.63.